The van der Waals surface area contributed by atoms with Crippen LogP contribution < -0.4 is 5.32 Å². The number of nitrogens with one attached hydrogen (secondary N) is 1. The van der Waals surface area contributed by atoms with E-state index in [1.807, 2.05) is 11.3 Å². The minimum Gasteiger partial charge on any atom is -0.481 e. The smallest absolute Gasteiger partial charge is 0.311 e. The van der Waals surface area contributed by atoms with Crippen molar-refractivity contribution < 1.29 is 9.90 Å². The van der Waals surface area contributed by atoms with Crippen molar-refractivity contribution in [2.24, 2.45) is 5.41 Å². The molecule has 0 atom stereocenters. The lowest BCUT2D eigenvalue weighted by atomic mass is 9.74. The second-order valence-electron chi connectivity index (χ2n) is 5.72. The van der Waals surface area contributed by atoms with Gasteiger partial charge in [-0.3, -0.25) is 9.20 Å². The lowest BCUT2D eigenvalue weighted by molar-refractivity contribution is -0.150. The van der Waals surface area contributed by atoms with Crippen molar-refractivity contribution >= 4 is 17.4 Å². The number of aryl methyl sites for hydroxylation is 1. The van der Waals surface area contributed by atoms with E-state index in [-0.39, 0.29) is 0 Å². The Morgan fingerprint density at radius 2 is 2.14 bits per heavy atom. The molecule has 0 aromatic carbocycles. The molecule has 7 nitrogen and oxygen atoms in total. The summed E-state index contributed by atoms with van der Waals surface area (Å²) in [7, 11) is 0. The van der Waals surface area contributed by atoms with Gasteiger partial charge in [-0.25, -0.2) is 4.98 Å². The molecule has 7 heteroatoms. The van der Waals surface area contributed by atoms with Crippen molar-refractivity contribution in [3.63, 3.8) is 0 Å². The van der Waals surface area contributed by atoms with Crippen LogP contribution in [0.3, 0.4) is 0 Å². The van der Waals surface area contributed by atoms with E-state index in [0.717, 1.165) is 25.1 Å². The monoisotopic (exact) mass is 289 g/mol. The Balaban J connectivity index is 1.83. The predicted octanol–water partition coefficient (Wildman–Crippen LogP) is 1.88. The first kappa shape index (κ1) is 13.8. The maximum absolute atomic E-state index is 11.7. The highest BCUT2D eigenvalue weighted by Gasteiger charge is 2.39. The van der Waals surface area contributed by atoms with Crippen LogP contribution in [0.1, 0.15) is 37.9 Å². The topological polar surface area (TPSA) is 92.4 Å². The molecule has 112 valence electrons. The van der Waals surface area contributed by atoms with Gasteiger partial charge >= 0.3 is 5.97 Å². The summed E-state index contributed by atoms with van der Waals surface area (Å²) in [6.07, 6.45) is 7.94. The molecule has 1 fully saturated rings. The first-order valence-electron chi connectivity index (χ1n) is 7.26. The summed E-state index contributed by atoms with van der Waals surface area (Å²) >= 11 is 0. The Morgan fingerprint density at radius 3 is 2.86 bits per heavy atom. The van der Waals surface area contributed by atoms with E-state index >= 15 is 0 Å². The summed E-state index contributed by atoms with van der Waals surface area (Å²) in [5.74, 6) is 0.643. The molecule has 2 aromatic heterocycles. The van der Waals surface area contributed by atoms with Crippen LogP contribution in [0.4, 0.5) is 5.82 Å². The Bertz CT molecular complexity index is 660. The summed E-state index contributed by atoms with van der Waals surface area (Å²) in [4.78, 5) is 15.9. The van der Waals surface area contributed by atoms with Gasteiger partial charge in [0.2, 0.25) is 5.65 Å². The second kappa shape index (κ2) is 5.31. The third-order valence-corrected chi connectivity index (χ3v) is 4.36. The zero-order valence-corrected chi connectivity index (χ0v) is 12.0. The fourth-order valence-electron chi connectivity index (χ4n) is 3.01. The van der Waals surface area contributed by atoms with E-state index < -0.39 is 11.4 Å². The Morgan fingerprint density at radius 1 is 1.38 bits per heavy atom. The van der Waals surface area contributed by atoms with Crippen molar-refractivity contribution in [3.8, 4) is 0 Å². The normalized spacial score (nSPS) is 17.8. The van der Waals surface area contributed by atoms with Gasteiger partial charge < -0.3 is 10.4 Å². The number of carboxylic acid groups (broad SMARTS) is 1. The molecule has 0 bridgehead atoms. The molecule has 2 N–H and O–H groups in total. The number of aromatic nitrogens is 4. The third-order valence-electron chi connectivity index (χ3n) is 4.36. The van der Waals surface area contributed by atoms with Crippen LogP contribution in [0.25, 0.3) is 5.65 Å². The van der Waals surface area contributed by atoms with E-state index in [0.29, 0.717) is 30.9 Å². The molecule has 2 heterocycles. The summed E-state index contributed by atoms with van der Waals surface area (Å²) < 4.78 is 1.84. The number of fused-ring (bicyclic) bond motifs is 1. The van der Waals surface area contributed by atoms with E-state index in [1.54, 1.807) is 12.4 Å². The van der Waals surface area contributed by atoms with Gasteiger partial charge in [-0.1, -0.05) is 19.3 Å². The van der Waals surface area contributed by atoms with E-state index in [4.69, 9.17) is 0 Å². The molecule has 3 rings (SSSR count). The van der Waals surface area contributed by atoms with Crippen LogP contribution in [0, 0.1) is 12.3 Å². The molecule has 0 radical (unpaired) electrons. The number of hydrogen-bond acceptors (Lipinski definition) is 5. The molecule has 1 saturated carbocycles. The third kappa shape index (κ3) is 2.43. The molecule has 0 aliphatic heterocycles. The number of nitrogens with zero attached hydrogens (tertiary/aromatic N) is 4. The molecule has 0 saturated heterocycles. The average Bonchev–Trinajstić information content (AvgIpc) is 2.88. The highest BCUT2D eigenvalue weighted by molar-refractivity contribution is 5.76. The Kier molecular flexibility index (Phi) is 3.48. The van der Waals surface area contributed by atoms with Gasteiger partial charge in [-0.2, -0.15) is 0 Å². The first-order valence-corrected chi connectivity index (χ1v) is 7.26. The molecule has 0 spiro atoms. The van der Waals surface area contributed by atoms with Crippen molar-refractivity contribution in [1.82, 2.24) is 19.6 Å². The number of anilines is 1. The number of aliphatic carboxylic acids is 1. The zero-order valence-electron chi connectivity index (χ0n) is 12.0. The molecular weight excluding hydrogens is 270 g/mol. The molecule has 0 amide bonds. The molecular formula is C14H19N5O2. The van der Waals surface area contributed by atoms with Crippen LogP contribution in [0.2, 0.25) is 0 Å². The molecule has 0 unspecified atom stereocenters. The van der Waals surface area contributed by atoms with Gasteiger partial charge in [0.15, 0.2) is 5.82 Å². The second-order valence-corrected chi connectivity index (χ2v) is 5.72. The van der Waals surface area contributed by atoms with E-state index in [2.05, 4.69) is 20.5 Å². The van der Waals surface area contributed by atoms with Gasteiger partial charge in [0.1, 0.15) is 5.82 Å². The maximum Gasteiger partial charge on any atom is 0.311 e. The maximum atomic E-state index is 11.7. The van der Waals surface area contributed by atoms with Crippen molar-refractivity contribution in [1.29, 1.82) is 0 Å². The zero-order chi connectivity index (χ0) is 14.9. The van der Waals surface area contributed by atoms with Gasteiger partial charge in [0.25, 0.3) is 0 Å². The number of rotatable bonds is 4. The Hall–Kier alpha value is -2.18. The van der Waals surface area contributed by atoms with Crippen molar-refractivity contribution in [2.45, 2.75) is 39.0 Å². The summed E-state index contributed by atoms with van der Waals surface area (Å²) in [5.41, 5.74) is -0.0618. The van der Waals surface area contributed by atoms with E-state index in [1.165, 1.54) is 0 Å². The van der Waals surface area contributed by atoms with Crippen LogP contribution in [-0.2, 0) is 4.79 Å². The largest absolute Gasteiger partial charge is 0.481 e. The van der Waals surface area contributed by atoms with Gasteiger partial charge in [0, 0.05) is 18.9 Å². The van der Waals surface area contributed by atoms with Gasteiger partial charge in [0.05, 0.1) is 5.41 Å². The number of carboxylic acids is 1. The van der Waals surface area contributed by atoms with Crippen LogP contribution >= 0.6 is 0 Å². The Labute approximate surface area is 122 Å². The molecule has 2 aromatic rings. The van der Waals surface area contributed by atoms with Crippen molar-refractivity contribution in [2.75, 3.05) is 11.9 Å². The highest BCUT2D eigenvalue weighted by Crippen LogP contribution is 2.36. The standard InChI is InChI=1S/C14H19N5O2/c1-10-17-18-12-11(15-7-8-19(10)12)16-9-14(13(20)21)5-3-2-4-6-14/h7-8H,2-6,9H2,1H3,(H,15,16)(H,20,21). The molecule has 1 aliphatic carbocycles. The van der Waals surface area contributed by atoms with Crippen LogP contribution in [-0.4, -0.2) is 37.2 Å². The lowest BCUT2D eigenvalue weighted by Gasteiger charge is -2.33. The summed E-state index contributed by atoms with van der Waals surface area (Å²) in [6, 6.07) is 0. The first-order chi connectivity index (χ1) is 10.1. The number of hydrogen-bond donors (Lipinski definition) is 2. The van der Waals surface area contributed by atoms with Gasteiger partial charge in [-0.05, 0) is 19.8 Å². The minimum absolute atomic E-state index is 0.376. The predicted molar refractivity (Wildman–Crippen MR) is 77.2 cm³/mol. The summed E-state index contributed by atoms with van der Waals surface area (Å²) in [5, 5.41) is 20.9. The quantitative estimate of drug-likeness (QED) is 0.892. The van der Waals surface area contributed by atoms with Gasteiger partial charge in [-0.15, -0.1) is 10.2 Å². The lowest BCUT2D eigenvalue weighted by Crippen LogP contribution is -2.39. The van der Waals surface area contributed by atoms with Crippen LogP contribution in [0.5, 0.6) is 0 Å². The fourth-order valence-corrected chi connectivity index (χ4v) is 3.01. The molecule has 1 aliphatic rings. The van der Waals surface area contributed by atoms with Crippen molar-refractivity contribution in [3.05, 3.63) is 18.2 Å². The minimum atomic E-state index is -0.723. The fraction of sp³-hybridized carbons (Fsp3) is 0.571. The van der Waals surface area contributed by atoms with E-state index in [9.17, 15) is 9.90 Å². The molecule has 21 heavy (non-hydrogen) atoms. The number of carbonyl (C=O) groups is 1. The average molecular weight is 289 g/mol. The van der Waals surface area contributed by atoms with Crippen LogP contribution in [0.15, 0.2) is 12.4 Å². The SMILES string of the molecule is Cc1nnc2c(NCC3(C(=O)O)CCCCC3)nccn12. The highest BCUT2D eigenvalue weighted by atomic mass is 16.4. The summed E-state index contributed by atoms with van der Waals surface area (Å²) in [6.45, 7) is 2.24.